The summed E-state index contributed by atoms with van der Waals surface area (Å²) in [5, 5.41) is 8.90. The highest BCUT2D eigenvalue weighted by molar-refractivity contribution is 7.47. The molecule has 4 N–H and O–H groups in total. The Morgan fingerprint density at radius 1 is 0.542 bits per heavy atom. The van der Waals surface area contributed by atoms with Gasteiger partial charge in [-0.1, -0.05) is 178 Å². The number of phosphoric acid groups is 1. The molecule has 10 nitrogen and oxygen atoms in total. The molecule has 11 heteroatoms. The topological polar surface area (TPSA) is 155 Å². The van der Waals surface area contributed by atoms with Gasteiger partial charge in [0.05, 0.1) is 19.8 Å². The molecule has 59 heavy (non-hydrogen) atoms. The van der Waals surface area contributed by atoms with Gasteiger partial charge in [-0.3, -0.25) is 18.6 Å². The number of hydrogen-bond donors (Lipinski definition) is 3. The second-order valence-corrected chi connectivity index (χ2v) is 17.3. The van der Waals surface area contributed by atoms with Gasteiger partial charge in [-0.2, -0.15) is 0 Å². The van der Waals surface area contributed by atoms with Crippen molar-refractivity contribution in [3.05, 3.63) is 48.6 Å². The fourth-order valence-electron chi connectivity index (χ4n) is 6.38. The predicted molar refractivity (Wildman–Crippen MR) is 244 cm³/mol. The Morgan fingerprint density at radius 2 is 0.966 bits per heavy atom. The minimum atomic E-state index is -4.62. The highest BCUT2D eigenvalue weighted by Gasteiger charge is 2.27. The molecule has 0 aromatic heterocycles. The molecule has 0 amide bonds. The van der Waals surface area contributed by atoms with Crippen molar-refractivity contribution < 1.29 is 42.7 Å². The first-order chi connectivity index (χ1) is 28.7. The van der Waals surface area contributed by atoms with Crippen LogP contribution in [-0.4, -0.2) is 60.5 Å². The minimum absolute atomic E-state index is 0.00987. The van der Waals surface area contributed by atoms with Crippen LogP contribution in [0.15, 0.2) is 48.6 Å². The first-order valence-corrected chi connectivity index (χ1v) is 25.2. The fourth-order valence-corrected chi connectivity index (χ4v) is 7.16. The van der Waals surface area contributed by atoms with Gasteiger partial charge in [0.15, 0.2) is 0 Å². The molecule has 0 spiro atoms. The van der Waals surface area contributed by atoms with E-state index >= 15 is 0 Å². The number of nitrogens with two attached hydrogens (primary N) is 1. The number of allylic oxidation sites excluding steroid dienone is 8. The average molecular weight is 854 g/mol. The second kappa shape index (κ2) is 44.0. The monoisotopic (exact) mass is 854 g/mol. The van der Waals surface area contributed by atoms with Gasteiger partial charge in [-0.25, -0.2) is 4.57 Å². The maximum absolute atomic E-state index is 12.6. The standard InChI is InChI=1S/C48H88NO9P/c1-3-5-7-9-11-13-15-17-18-19-20-21-22-23-24-25-26-27-29-31-33-35-37-39-41-55-42-45(43-56-59(53,54)57-44-46(49)48(51)52)58-47(50)40-38-36-34-32-30-28-16-14-12-10-8-6-4-2/h8,10,14-17,19-20,45-46H,3-7,9,11-13,18,21-44,49H2,1-2H3,(H,51,52)(H,53,54)/b10-8-,16-14-,17-15-,20-19-. The summed E-state index contributed by atoms with van der Waals surface area (Å²) in [5.74, 6) is -1.79. The Balaban J connectivity index is 4.12. The molecule has 0 aromatic carbocycles. The maximum Gasteiger partial charge on any atom is 0.472 e. The first kappa shape index (κ1) is 56.9. The van der Waals surface area contributed by atoms with Gasteiger partial charge in [0.1, 0.15) is 12.1 Å². The lowest BCUT2D eigenvalue weighted by molar-refractivity contribution is -0.154. The number of carboxylic acids is 1. The Labute approximate surface area is 360 Å². The summed E-state index contributed by atoms with van der Waals surface area (Å²) in [4.78, 5) is 33.5. The zero-order valence-corrected chi connectivity index (χ0v) is 38.5. The van der Waals surface area contributed by atoms with Crippen molar-refractivity contribution in [2.45, 2.75) is 219 Å². The van der Waals surface area contributed by atoms with Gasteiger partial charge in [0.25, 0.3) is 0 Å². The van der Waals surface area contributed by atoms with Crippen LogP contribution >= 0.6 is 7.82 Å². The lowest BCUT2D eigenvalue weighted by Gasteiger charge is -2.20. The molecular formula is C48H88NO9P. The van der Waals surface area contributed by atoms with Crippen LogP contribution in [0.5, 0.6) is 0 Å². The molecule has 0 saturated heterocycles. The first-order valence-electron chi connectivity index (χ1n) is 23.7. The molecule has 0 radical (unpaired) electrons. The minimum Gasteiger partial charge on any atom is -0.480 e. The van der Waals surface area contributed by atoms with Crippen LogP contribution in [0.25, 0.3) is 0 Å². The van der Waals surface area contributed by atoms with Crippen molar-refractivity contribution in [1.29, 1.82) is 0 Å². The molecule has 0 aliphatic carbocycles. The molecule has 0 aromatic rings. The molecule has 3 unspecified atom stereocenters. The Bertz CT molecular complexity index is 1130. The normalized spacial score (nSPS) is 14.2. The highest BCUT2D eigenvalue weighted by Crippen LogP contribution is 2.43. The third-order valence-corrected chi connectivity index (χ3v) is 11.0. The lowest BCUT2D eigenvalue weighted by atomic mass is 10.0. The van der Waals surface area contributed by atoms with E-state index in [0.717, 1.165) is 70.6 Å². The number of hydrogen-bond acceptors (Lipinski definition) is 8. The van der Waals surface area contributed by atoms with E-state index < -0.39 is 45.1 Å². The summed E-state index contributed by atoms with van der Waals surface area (Å²) >= 11 is 0. The second-order valence-electron chi connectivity index (χ2n) is 15.9. The van der Waals surface area contributed by atoms with E-state index in [2.05, 4.69) is 62.5 Å². The predicted octanol–water partition coefficient (Wildman–Crippen LogP) is 13.4. The third-order valence-electron chi connectivity index (χ3n) is 10.1. The van der Waals surface area contributed by atoms with E-state index in [1.165, 1.54) is 109 Å². The third kappa shape index (κ3) is 43.8. The average Bonchev–Trinajstić information content (AvgIpc) is 3.21. The molecule has 0 saturated carbocycles. The van der Waals surface area contributed by atoms with E-state index in [0.29, 0.717) is 13.0 Å². The van der Waals surface area contributed by atoms with E-state index in [1.54, 1.807) is 0 Å². The zero-order valence-electron chi connectivity index (χ0n) is 37.6. The highest BCUT2D eigenvalue weighted by atomic mass is 31.2. The molecule has 344 valence electrons. The number of ether oxygens (including phenoxy) is 2. The molecule has 3 atom stereocenters. The summed E-state index contributed by atoms with van der Waals surface area (Å²) in [6, 6.07) is -1.48. The van der Waals surface area contributed by atoms with Crippen molar-refractivity contribution in [2.24, 2.45) is 5.73 Å². The van der Waals surface area contributed by atoms with Crippen LogP contribution in [0.1, 0.15) is 206 Å². The molecule has 0 bridgehead atoms. The summed E-state index contributed by atoms with van der Waals surface area (Å²) in [7, 11) is -4.62. The smallest absolute Gasteiger partial charge is 0.472 e. The van der Waals surface area contributed by atoms with Crippen molar-refractivity contribution >= 4 is 19.8 Å². The van der Waals surface area contributed by atoms with Gasteiger partial charge in [0, 0.05) is 13.0 Å². The maximum atomic E-state index is 12.6. The molecule has 0 aliphatic rings. The molecule has 0 aliphatic heterocycles. The number of carbonyl (C=O) groups excluding carboxylic acids is 1. The van der Waals surface area contributed by atoms with Gasteiger partial charge in [-0.05, 0) is 70.6 Å². The van der Waals surface area contributed by atoms with Crippen LogP contribution in [0, 0.1) is 0 Å². The largest absolute Gasteiger partial charge is 0.480 e. The van der Waals surface area contributed by atoms with Crippen LogP contribution in [0.4, 0.5) is 0 Å². The molecule has 0 fully saturated rings. The van der Waals surface area contributed by atoms with Crippen molar-refractivity contribution in [3.63, 3.8) is 0 Å². The van der Waals surface area contributed by atoms with Gasteiger partial charge >= 0.3 is 19.8 Å². The molecular weight excluding hydrogens is 766 g/mol. The van der Waals surface area contributed by atoms with Crippen LogP contribution in [0.3, 0.4) is 0 Å². The Kier molecular flexibility index (Phi) is 42.5. The van der Waals surface area contributed by atoms with Crippen LogP contribution in [0.2, 0.25) is 0 Å². The van der Waals surface area contributed by atoms with E-state index in [1.807, 2.05) is 0 Å². The molecule has 0 heterocycles. The number of unbranched alkanes of at least 4 members (excludes halogenated alkanes) is 23. The van der Waals surface area contributed by atoms with Crippen molar-refractivity contribution in [1.82, 2.24) is 0 Å². The summed E-state index contributed by atoms with van der Waals surface area (Å²) in [5.41, 5.74) is 5.36. The van der Waals surface area contributed by atoms with Crippen LogP contribution < -0.4 is 5.73 Å². The van der Waals surface area contributed by atoms with Crippen molar-refractivity contribution in [3.8, 4) is 0 Å². The Hall–Kier alpha value is -2.07. The summed E-state index contributed by atoms with van der Waals surface area (Å²) in [6.45, 7) is 3.79. The van der Waals surface area contributed by atoms with Crippen LogP contribution in [-0.2, 0) is 32.7 Å². The number of carboxylic acid groups (broad SMARTS) is 1. The zero-order chi connectivity index (χ0) is 43.3. The number of esters is 1. The number of rotatable bonds is 45. The number of carbonyl (C=O) groups is 2. The fraction of sp³-hybridized carbons (Fsp3) is 0.792. The quantitative estimate of drug-likeness (QED) is 0.0233. The van der Waals surface area contributed by atoms with Crippen molar-refractivity contribution in [2.75, 3.05) is 26.4 Å². The molecule has 0 rings (SSSR count). The SMILES string of the molecule is CCC/C=C\C/C=C\CCCCCCCC(=O)OC(COCCCCCCCCCCCCCC/C=C\C/C=C\CCCCCCC)COP(=O)(O)OCC(N)C(=O)O. The summed E-state index contributed by atoms with van der Waals surface area (Å²) in [6.07, 6.45) is 51.7. The van der Waals surface area contributed by atoms with Gasteiger partial charge < -0.3 is 25.2 Å². The van der Waals surface area contributed by atoms with E-state index in [4.69, 9.17) is 29.4 Å². The number of phosphoric ester groups is 1. The Morgan fingerprint density at radius 3 is 1.44 bits per heavy atom. The van der Waals surface area contributed by atoms with E-state index in [-0.39, 0.29) is 13.0 Å². The van der Waals surface area contributed by atoms with Gasteiger partial charge in [0.2, 0.25) is 0 Å². The lowest BCUT2D eigenvalue weighted by Crippen LogP contribution is -2.34. The summed E-state index contributed by atoms with van der Waals surface area (Å²) < 4.78 is 33.4. The van der Waals surface area contributed by atoms with Gasteiger partial charge in [-0.15, -0.1) is 0 Å². The number of aliphatic carboxylic acids is 1. The van der Waals surface area contributed by atoms with E-state index in [9.17, 15) is 19.0 Å².